The third-order valence-electron chi connectivity index (χ3n) is 2.66. The first-order valence-corrected chi connectivity index (χ1v) is 6.57. The molecule has 0 unspecified atom stereocenters. The Hall–Kier alpha value is -1.19. The molecule has 1 aromatic carbocycles. The first-order valence-electron chi connectivity index (χ1n) is 5.81. The Labute approximate surface area is 121 Å². The van der Waals surface area contributed by atoms with Crippen molar-refractivity contribution in [3.63, 3.8) is 0 Å². The van der Waals surface area contributed by atoms with Crippen LogP contribution in [0.5, 0.6) is 0 Å². The molecule has 0 bridgehead atoms. The Morgan fingerprint density at radius 1 is 1.05 bits per heavy atom. The summed E-state index contributed by atoms with van der Waals surface area (Å²) in [7, 11) is 0. The van der Waals surface area contributed by atoms with Crippen LogP contribution in [-0.2, 0) is 0 Å². The van der Waals surface area contributed by atoms with Crippen LogP contribution in [-0.4, -0.2) is 27.2 Å². The highest BCUT2D eigenvalue weighted by atomic mass is 35.5. The highest BCUT2D eigenvalue weighted by Crippen LogP contribution is 2.36. The number of fused-ring (bicyclic) bond motifs is 1. The molecule has 0 atom stereocenters. The van der Waals surface area contributed by atoms with E-state index < -0.39 is 21.4 Å². The van der Waals surface area contributed by atoms with Crippen molar-refractivity contribution in [2.75, 3.05) is 0 Å². The highest BCUT2D eigenvalue weighted by Gasteiger charge is 2.49. The van der Waals surface area contributed by atoms with E-state index in [9.17, 15) is 9.59 Å². The third kappa shape index (κ3) is 2.45. The van der Waals surface area contributed by atoms with Gasteiger partial charge in [-0.3, -0.25) is 14.6 Å². The minimum Gasteiger partial charge on any atom is -0.290 e. The zero-order chi connectivity index (χ0) is 14.4. The quantitative estimate of drug-likeness (QED) is 0.688. The number of carbonyl (C=O) groups excluding carboxylic acids is 2. The summed E-state index contributed by atoms with van der Waals surface area (Å²) >= 11 is 12.2. The number of ketones is 2. The van der Waals surface area contributed by atoms with Gasteiger partial charge in [-0.25, -0.2) is 0 Å². The first-order chi connectivity index (χ1) is 8.64. The van der Waals surface area contributed by atoms with Crippen LogP contribution in [0.2, 0.25) is 0 Å². The van der Waals surface area contributed by atoms with E-state index in [0.717, 1.165) is 0 Å². The molecule has 100 valence electrons. The molecule has 5 heteroatoms. The summed E-state index contributed by atoms with van der Waals surface area (Å²) in [6.07, 6.45) is 0. The Bertz CT molecular complexity index is 598. The van der Waals surface area contributed by atoms with Gasteiger partial charge in [-0.15, -0.1) is 0 Å². The van der Waals surface area contributed by atoms with E-state index in [-0.39, 0.29) is 11.3 Å². The summed E-state index contributed by atoms with van der Waals surface area (Å²) in [5, 5.41) is 0. The molecule has 0 spiro atoms. The number of alkyl halides is 2. The van der Waals surface area contributed by atoms with Crippen LogP contribution in [0.3, 0.4) is 0 Å². The lowest BCUT2D eigenvalue weighted by atomic mass is 9.87. The molecule has 0 saturated carbocycles. The van der Waals surface area contributed by atoms with E-state index in [4.69, 9.17) is 23.2 Å². The summed E-state index contributed by atoms with van der Waals surface area (Å²) in [4.78, 5) is 28.9. The van der Waals surface area contributed by atoms with Crippen molar-refractivity contribution in [2.24, 2.45) is 4.99 Å². The standard InChI is InChI=1S/C14H13Cl2NO2/c1-13(2,3)17-11-10(18)8-6-4-5-7-9(8)12(19)14(11,15)16/h4-7H,1-3H3. The molecule has 0 aromatic heterocycles. The van der Waals surface area contributed by atoms with Crippen molar-refractivity contribution >= 4 is 40.5 Å². The fourth-order valence-corrected chi connectivity index (χ4v) is 2.34. The maximum Gasteiger partial charge on any atom is 0.225 e. The minimum absolute atomic E-state index is 0.105. The molecule has 3 nitrogen and oxygen atoms in total. The van der Waals surface area contributed by atoms with Gasteiger partial charge in [0.15, 0.2) is 0 Å². The van der Waals surface area contributed by atoms with Gasteiger partial charge in [0, 0.05) is 11.1 Å². The summed E-state index contributed by atoms with van der Waals surface area (Å²) in [6, 6.07) is 6.48. The average Bonchev–Trinajstić information content (AvgIpc) is 2.31. The first kappa shape index (κ1) is 14.2. The molecule has 2 rings (SSSR count). The molecule has 0 heterocycles. The van der Waals surface area contributed by atoms with Gasteiger partial charge < -0.3 is 0 Å². The SMILES string of the molecule is CC(C)(C)N=C1C(=O)c2ccccc2C(=O)C1(Cl)Cl. The lowest BCUT2D eigenvalue weighted by molar-refractivity contribution is 0.0956. The van der Waals surface area contributed by atoms with E-state index in [1.54, 1.807) is 24.3 Å². The Morgan fingerprint density at radius 2 is 1.58 bits per heavy atom. The van der Waals surface area contributed by atoms with Gasteiger partial charge in [-0.1, -0.05) is 47.5 Å². The van der Waals surface area contributed by atoms with Gasteiger partial charge in [0.2, 0.25) is 15.9 Å². The lowest BCUT2D eigenvalue weighted by Crippen LogP contribution is -2.46. The number of rotatable bonds is 0. The normalized spacial score (nSPS) is 20.6. The summed E-state index contributed by atoms with van der Waals surface area (Å²) in [5.74, 6) is -0.899. The predicted molar refractivity (Wildman–Crippen MR) is 76.7 cm³/mol. The zero-order valence-corrected chi connectivity index (χ0v) is 12.3. The van der Waals surface area contributed by atoms with Crippen molar-refractivity contribution in [2.45, 2.75) is 30.6 Å². The van der Waals surface area contributed by atoms with Crippen molar-refractivity contribution in [3.05, 3.63) is 35.4 Å². The summed E-state index contributed by atoms with van der Waals surface area (Å²) in [5.41, 5.74) is -0.114. The predicted octanol–water partition coefficient (Wildman–Crippen LogP) is 3.48. The third-order valence-corrected chi connectivity index (χ3v) is 3.36. The van der Waals surface area contributed by atoms with Gasteiger partial charge in [0.1, 0.15) is 5.71 Å². The fourth-order valence-electron chi connectivity index (χ4n) is 1.88. The molecular formula is C14H13Cl2NO2. The van der Waals surface area contributed by atoms with E-state index >= 15 is 0 Å². The largest absolute Gasteiger partial charge is 0.290 e. The van der Waals surface area contributed by atoms with Crippen molar-refractivity contribution in [3.8, 4) is 0 Å². The number of Topliss-reactive ketones (excluding diaryl/α,β-unsaturated/α-hetero) is 2. The number of hydrogen-bond donors (Lipinski definition) is 0. The summed E-state index contributed by atoms with van der Waals surface area (Å²) < 4.78 is -1.92. The molecule has 1 aromatic rings. The van der Waals surface area contributed by atoms with E-state index in [2.05, 4.69) is 4.99 Å². The van der Waals surface area contributed by atoms with Crippen LogP contribution in [0.15, 0.2) is 29.3 Å². The molecule has 0 saturated heterocycles. The zero-order valence-electron chi connectivity index (χ0n) is 10.8. The van der Waals surface area contributed by atoms with Crippen LogP contribution in [0, 0.1) is 0 Å². The van der Waals surface area contributed by atoms with Crippen LogP contribution < -0.4 is 0 Å². The Balaban J connectivity index is 2.70. The van der Waals surface area contributed by atoms with Crippen LogP contribution in [0.25, 0.3) is 0 Å². The molecule has 1 aliphatic rings. The van der Waals surface area contributed by atoms with Crippen molar-refractivity contribution in [1.82, 2.24) is 0 Å². The second-order valence-corrected chi connectivity index (χ2v) is 6.74. The number of carbonyl (C=O) groups is 2. The smallest absolute Gasteiger partial charge is 0.225 e. The van der Waals surface area contributed by atoms with Gasteiger partial charge in [0.25, 0.3) is 0 Å². The molecular weight excluding hydrogens is 285 g/mol. The highest BCUT2D eigenvalue weighted by molar-refractivity contribution is 6.80. The molecule has 0 radical (unpaired) electrons. The molecule has 0 amide bonds. The lowest BCUT2D eigenvalue weighted by Gasteiger charge is -2.28. The topological polar surface area (TPSA) is 46.5 Å². The van der Waals surface area contributed by atoms with Crippen LogP contribution in [0.4, 0.5) is 0 Å². The van der Waals surface area contributed by atoms with Crippen LogP contribution >= 0.6 is 23.2 Å². The fraction of sp³-hybridized carbons (Fsp3) is 0.357. The minimum atomic E-state index is -1.92. The maximum absolute atomic E-state index is 12.4. The number of halogens is 2. The molecule has 19 heavy (non-hydrogen) atoms. The maximum atomic E-state index is 12.4. The molecule has 1 aliphatic carbocycles. The molecule has 0 fully saturated rings. The van der Waals surface area contributed by atoms with Crippen molar-refractivity contribution < 1.29 is 9.59 Å². The Kier molecular flexibility index (Phi) is 3.31. The van der Waals surface area contributed by atoms with E-state index in [1.165, 1.54) is 0 Å². The number of aliphatic imine (C=N–C) groups is 1. The number of benzene rings is 1. The van der Waals surface area contributed by atoms with E-state index in [0.29, 0.717) is 5.56 Å². The van der Waals surface area contributed by atoms with Gasteiger partial charge in [-0.05, 0) is 20.8 Å². The summed E-state index contributed by atoms with van der Waals surface area (Å²) in [6.45, 7) is 5.42. The number of hydrogen-bond acceptors (Lipinski definition) is 3. The Morgan fingerprint density at radius 3 is 2.11 bits per heavy atom. The monoisotopic (exact) mass is 297 g/mol. The number of nitrogens with zero attached hydrogens (tertiary/aromatic N) is 1. The van der Waals surface area contributed by atoms with Gasteiger partial charge in [-0.2, -0.15) is 0 Å². The average molecular weight is 298 g/mol. The van der Waals surface area contributed by atoms with Crippen molar-refractivity contribution in [1.29, 1.82) is 0 Å². The second-order valence-electron chi connectivity index (χ2n) is 5.41. The molecule has 0 N–H and O–H groups in total. The van der Waals surface area contributed by atoms with Crippen LogP contribution in [0.1, 0.15) is 41.5 Å². The van der Waals surface area contributed by atoms with Gasteiger partial charge >= 0.3 is 0 Å². The van der Waals surface area contributed by atoms with E-state index in [1.807, 2.05) is 20.8 Å². The second kappa shape index (κ2) is 4.43. The molecule has 0 aliphatic heterocycles. The van der Waals surface area contributed by atoms with Gasteiger partial charge in [0.05, 0.1) is 5.54 Å².